The number of esters is 2. The van der Waals surface area contributed by atoms with Gasteiger partial charge in [0.15, 0.2) is 6.61 Å². The summed E-state index contributed by atoms with van der Waals surface area (Å²) in [7, 11) is 0. The third-order valence-corrected chi connectivity index (χ3v) is 6.35. The molecule has 176 valence electrons. The number of amides is 2. The topological polar surface area (TPSA) is 111 Å². The number of fused-ring (bicyclic) bond motifs is 1. The molecule has 1 aliphatic carbocycles. The van der Waals surface area contributed by atoms with Gasteiger partial charge in [-0.15, -0.1) is 11.3 Å². The molecule has 1 aliphatic rings. The van der Waals surface area contributed by atoms with Crippen molar-refractivity contribution in [2.24, 2.45) is 0 Å². The number of aryl methyl sites for hydroxylation is 3. The molecule has 0 radical (unpaired) electrons. The number of ether oxygens (including phenoxy) is 2. The number of benzene rings is 1. The summed E-state index contributed by atoms with van der Waals surface area (Å²) in [5.74, 6) is -2.16. The molecule has 0 saturated carbocycles. The standard InChI is InChI=1S/C24H28N2O6S/c1-4-31-24(30)21-17-7-5-6-8-18(17)33-23(21)26-19(27)13-32-20(28)12-25-22(29)16-10-14(2)9-15(3)11-16/h9-11H,4-8,12-13H2,1-3H3,(H,25,29)(H,26,27). The van der Waals surface area contributed by atoms with Gasteiger partial charge in [-0.2, -0.15) is 0 Å². The lowest BCUT2D eigenvalue weighted by atomic mass is 9.95. The lowest BCUT2D eigenvalue weighted by Crippen LogP contribution is -2.32. The lowest BCUT2D eigenvalue weighted by molar-refractivity contribution is -0.146. The van der Waals surface area contributed by atoms with Gasteiger partial charge < -0.3 is 20.1 Å². The zero-order chi connectivity index (χ0) is 24.0. The van der Waals surface area contributed by atoms with E-state index in [2.05, 4.69) is 10.6 Å². The van der Waals surface area contributed by atoms with Crippen molar-refractivity contribution < 1.29 is 28.7 Å². The van der Waals surface area contributed by atoms with Crippen molar-refractivity contribution in [2.75, 3.05) is 25.1 Å². The van der Waals surface area contributed by atoms with Crippen LogP contribution >= 0.6 is 11.3 Å². The van der Waals surface area contributed by atoms with Crippen LogP contribution in [0.1, 0.15) is 62.0 Å². The highest BCUT2D eigenvalue weighted by atomic mass is 32.1. The molecule has 0 saturated heterocycles. The van der Waals surface area contributed by atoms with Crippen molar-refractivity contribution in [3.8, 4) is 0 Å². The van der Waals surface area contributed by atoms with Crippen LogP contribution in [0.5, 0.6) is 0 Å². The van der Waals surface area contributed by atoms with E-state index in [-0.39, 0.29) is 13.2 Å². The monoisotopic (exact) mass is 472 g/mol. The summed E-state index contributed by atoms with van der Waals surface area (Å²) < 4.78 is 10.2. The highest BCUT2D eigenvalue weighted by Gasteiger charge is 2.27. The van der Waals surface area contributed by atoms with E-state index in [4.69, 9.17) is 9.47 Å². The molecule has 9 heteroatoms. The summed E-state index contributed by atoms with van der Waals surface area (Å²) in [6.07, 6.45) is 3.64. The average molecular weight is 473 g/mol. The van der Waals surface area contributed by atoms with E-state index >= 15 is 0 Å². The summed E-state index contributed by atoms with van der Waals surface area (Å²) in [4.78, 5) is 50.2. The van der Waals surface area contributed by atoms with Gasteiger partial charge >= 0.3 is 11.9 Å². The van der Waals surface area contributed by atoms with Gasteiger partial charge in [-0.1, -0.05) is 17.2 Å². The normalized spacial score (nSPS) is 12.5. The number of carbonyl (C=O) groups is 4. The summed E-state index contributed by atoms with van der Waals surface area (Å²) in [5, 5.41) is 5.59. The van der Waals surface area contributed by atoms with Crippen molar-refractivity contribution >= 4 is 40.1 Å². The van der Waals surface area contributed by atoms with Crippen LogP contribution in [0, 0.1) is 13.8 Å². The van der Waals surface area contributed by atoms with Crippen LogP contribution in [0.4, 0.5) is 5.00 Å². The third-order valence-electron chi connectivity index (χ3n) is 5.15. The van der Waals surface area contributed by atoms with Crippen LogP contribution in [0.15, 0.2) is 18.2 Å². The first-order valence-electron chi connectivity index (χ1n) is 10.9. The fourth-order valence-corrected chi connectivity index (χ4v) is 5.09. The Balaban J connectivity index is 1.54. The van der Waals surface area contributed by atoms with Gasteiger partial charge in [-0.25, -0.2) is 4.79 Å². The summed E-state index contributed by atoms with van der Waals surface area (Å²) >= 11 is 1.36. The first kappa shape index (κ1) is 24.4. The number of hydrogen-bond acceptors (Lipinski definition) is 7. The Bertz CT molecular complexity index is 1050. The zero-order valence-electron chi connectivity index (χ0n) is 19.0. The van der Waals surface area contributed by atoms with Crippen LogP contribution in [-0.4, -0.2) is 43.5 Å². The predicted molar refractivity (Wildman–Crippen MR) is 125 cm³/mol. The summed E-state index contributed by atoms with van der Waals surface area (Å²) in [5.41, 5.74) is 3.67. The van der Waals surface area contributed by atoms with Gasteiger partial charge in [0.1, 0.15) is 11.5 Å². The molecule has 1 heterocycles. The maximum Gasteiger partial charge on any atom is 0.341 e. The maximum absolute atomic E-state index is 12.5. The molecule has 2 amide bonds. The van der Waals surface area contributed by atoms with Crippen molar-refractivity contribution in [2.45, 2.75) is 46.5 Å². The van der Waals surface area contributed by atoms with E-state index in [9.17, 15) is 19.2 Å². The second kappa shape index (κ2) is 11.1. The number of carbonyl (C=O) groups excluding carboxylic acids is 4. The van der Waals surface area contributed by atoms with Crippen molar-refractivity contribution in [3.63, 3.8) is 0 Å². The second-order valence-corrected chi connectivity index (χ2v) is 9.01. The molecule has 1 aromatic carbocycles. The SMILES string of the molecule is CCOC(=O)c1c(NC(=O)COC(=O)CNC(=O)c2cc(C)cc(C)c2)sc2c1CCCC2. The Morgan fingerprint density at radius 2 is 1.70 bits per heavy atom. The molecular weight excluding hydrogens is 444 g/mol. The van der Waals surface area contributed by atoms with Crippen LogP contribution < -0.4 is 10.6 Å². The highest BCUT2D eigenvalue weighted by molar-refractivity contribution is 7.17. The molecule has 2 aromatic rings. The molecule has 0 unspecified atom stereocenters. The summed E-state index contributed by atoms with van der Waals surface area (Å²) in [6, 6.07) is 5.40. The third kappa shape index (κ3) is 6.41. The second-order valence-electron chi connectivity index (χ2n) is 7.90. The van der Waals surface area contributed by atoms with Gasteiger partial charge in [-0.3, -0.25) is 14.4 Å². The van der Waals surface area contributed by atoms with E-state index in [1.54, 1.807) is 19.1 Å². The number of rotatable bonds is 8. The minimum absolute atomic E-state index is 0.238. The molecule has 8 nitrogen and oxygen atoms in total. The molecule has 2 N–H and O–H groups in total. The van der Waals surface area contributed by atoms with Crippen molar-refractivity contribution in [1.82, 2.24) is 5.32 Å². The fourth-order valence-electron chi connectivity index (χ4n) is 3.79. The molecule has 33 heavy (non-hydrogen) atoms. The van der Waals surface area contributed by atoms with Crippen molar-refractivity contribution in [1.29, 1.82) is 0 Å². The quantitative estimate of drug-likeness (QED) is 0.570. The zero-order valence-corrected chi connectivity index (χ0v) is 19.9. The molecule has 3 rings (SSSR count). The molecule has 0 bridgehead atoms. The molecular formula is C24H28N2O6S. The molecule has 0 atom stereocenters. The Morgan fingerprint density at radius 1 is 1.00 bits per heavy atom. The van der Waals surface area contributed by atoms with Crippen LogP contribution in [0.25, 0.3) is 0 Å². The largest absolute Gasteiger partial charge is 0.462 e. The Labute approximate surface area is 196 Å². The van der Waals surface area contributed by atoms with Crippen LogP contribution in [0.2, 0.25) is 0 Å². The van der Waals surface area contributed by atoms with Gasteiger partial charge in [-0.05, 0) is 64.2 Å². The molecule has 0 aliphatic heterocycles. The van der Waals surface area contributed by atoms with E-state index in [0.717, 1.165) is 47.3 Å². The number of anilines is 1. The lowest BCUT2D eigenvalue weighted by Gasteiger charge is -2.12. The van der Waals surface area contributed by atoms with Crippen LogP contribution in [-0.2, 0) is 31.9 Å². The van der Waals surface area contributed by atoms with Crippen LogP contribution in [0.3, 0.4) is 0 Å². The minimum atomic E-state index is -0.737. The molecule has 0 fully saturated rings. The molecule has 1 aromatic heterocycles. The summed E-state index contributed by atoms with van der Waals surface area (Å²) in [6.45, 7) is 4.85. The van der Waals surface area contributed by atoms with Crippen molar-refractivity contribution in [3.05, 3.63) is 50.9 Å². The van der Waals surface area contributed by atoms with Gasteiger partial charge in [0.05, 0.1) is 12.2 Å². The Morgan fingerprint density at radius 3 is 2.39 bits per heavy atom. The minimum Gasteiger partial charge on any atom is -0.462 e. The van der Waals surface area contributed by atoms with Gasteiger partial charge in [0, 0.05) is 10.4 Å². The first-order valence-corrected chi connectivity index (χ1v) is 11.7. The predicted octanol–water partition coefficient (Wildman–Crippen LogP) is 3.33. The maximum atomic E-state index is 12.5. The smallest absolute Gasteiger partial charge is 0.341 e. The first-order chi connectivity index (χ1) is 15.8. The number of nitrogens with one attached hydrogen (secondary N) is 2. The number of thiophene rings is 1. The highest BCUT2D eigenvalue weighted by Crippen LogP contribution is 2.38. The van der Waals surface area contributed by atoms with E-state index < -0.39 is 30.4 Å². The van der Waals surface area contributed by atoms with E-state index in [1.165, 1.54) is 11.3 Å². The number of hydrogen-bond donors (Lipinski definition) is 2. The van der Waals surface area contributed by atoms with E-state index in [0.29, 0.717) is 16.1 Å². The van der Waals surface area contributed by atoms with E-state index in [1.807, 2.05) is 19.9 Å². The van der Waals surface area contributed by atoms with Gasteiger partial charge in [0.2, 0.25) is 0 Å². The Kier molecular flexibility index (Phi) is 8.21. The molecule has 0 spiro atoms. The fraction of sp³-hybridized carbons (Fsp3) is 0.417. The Hall–Kier alpha value is -3.20. The van der Waals surface area contributed by atoms with Gasteiger partial charge in [0.25, 0.3) is 11.8 Å². The average Bonchev–Trinajstić information content (AvgIpc) is 3.13.